The van der Waals surface area contributed by atoms with Crippen molar-refractivity contribution >= 4 is 33.3 Å². The quantitative estimate of drug-likeness (QED) is 0.284. The van der Waals surface area contributed by atoms with Gasteiger partial charge in [-0.2, -0.15) is 4.72 Å². The smallest absolute Gasteiger partial charge is 0.327 e. The molecule has 0 heterocycles. The molecule has 0 saturated heterocycles. The standard InChI is InChI=1S/C20H23N3O8S/c1-12-4-8-16(9-5-12)32(29,30)22-19(14(3)24)20(26)31-11-18(25)21-17-10-15(23(27)28)7-6-13(17)2/h4-10,14,19,22,24H,11H2,1-3H3,(H,21,25)/t14-,19-/m1/s1. The van der Waals surface area contributed by atoms with Gasteiger partial charge in [0, 0.05) is 12.1 Å². The van der Waals surface area contributed by atoms with E-state index >= 15 is 0 Å². The number of rotatable bonds is 9. The Morgan fingerprint density at radius 2 is 1.78 bits per heavy atom. The number of amides is 1. The van der Waals surface area contributed by atoms with Crippen LogP contribution >= 0.6 is 0 Å². The number of aliphatic hydroxyl groups excluding tert-OH is 1. The van der Waals surface area contributed by atoms with Crippen LogP contribution in [-0.4, -0.2) is 49.1 Å². The third-order valence-electron chi connectivity index (χ3n) is 4.40. The molecule has 0 aromatic heterocycles. The van der Waals surface area contributed by atoms with Crippen LogP contribution in [0.4, 0.5) is 11.4 Å². The summed E-state index contributed by atoms with van der Waals surface area (Å²) in [5, 5.41) is 23.1. The number of carbonyl (C=O) groups is 2. The first-order valence-electron chi connectivity index (χ1n) is 9.39. The third-order valence-corrected chi connectivity index (χ3v) is 5.86. The Morgan fingerprint density at radius 1 is 1.16 bits per heavy atom. The molecule has 2 rings (SSSR count). The minimum atomic E-state index is -4.15. The number of aryl methyl sites for hydroxylation is 2. The summed E-state index contributed by atoms with van der Waals surface area (Å²) in [5.41, 5.74) is 1.30. The van der Waals surface area contributed by atoms with Crippen molar-refractivity contribution in [3.8, 4) is 0 Å². The summed E-state index contributed by atoms with van der Waals surface area (Å²) in [6.07, 6.45) is -1.45. The summed E-state index contributed by atoms with van der Waals surface area (Å²) in [4.78, 5) is 34.6. The largest absolute Gasteiger partial charge is 0.454 e. The van der Waals surface area contributed by atoms with Crippen LogP contribution in [0.3, 0.4) is 0 Å². The van der Waals surface area contributed by atoms with Gasteiger partial charge in [0.1, 0.15) is 6.04 Å². The van der Waals surface area contributed by atoms with Gasteiger partial charge in [-0.1, -0.05) is 23.8 Å². The molecule has 0 aliphatic heterocycles. The highest BCUT2D eigenvalue weighted by Crippen LogP contribution is 2.21. The minimum Gasteiger partial charge on any atom is -0.454 e. The van der Waals surface area contributed by atoms with E-state index in [4.69, 9.17) is 4.74 Å². The normalized spacial score (nSPS) is 13.1. The van der Waals surface area contributed by atoms with E-state index in [0.717, 1.165) is 11.6 Å². The first-order valence-corrected chi connectivity index (χ1v) is 10.9. The zero-order chi connectivity index (χ0) is 24.1. The van der Waals surface area contributed by atoms with Crippen LogP contribution in [0, 0.1) is 24.0 Å². The lowest BCUT2D eigenvalue weighted by molar-refractivity contribution is -0.384. The van der Waals surface area contributed by atoms with Gasteiger partial charge in [0.05, 0.1) is 21.6 Å². The fourth-order valence-corrected chi connectivity index (χ4v) is 3.83. The number of nitro benzene ring substituents is 1. The van der Waals surface area contributed by atoms with Gasteiger partial charge in [0.15, 0.2) is 6.61 Å². The Bertz CT molecular complexity index is 1110. The second-order valence-corrected chi connectivity index (χ2v) is 8.78. The van der Waals surface area contributed by atoms with Crippen LogP contribution in [0.25, 0.3) is 0 Å². The van der Waals surface area contributed by atoms with E-state index in [1.54, 1.807) is 26.0 Å². The van der Waals surface area contributed by atoms with E-state index in [-0.39, 0.29) is 16.3 Å². The molecule has 172 valence electrons. The zero-order valence-electron chi connectivity index (χ0n) is 17.6. The first-order chi connectivity index (χ1) is 14.9. The van der Waals surface area contributed by atoms with Gasteiger partial charge >= 0.3 is 5.97 Å². The number of nitrogens with one attached hydrogen (secondary N) is 2. The molecule has 32 heavy (non-hydrogen) atoms. The van der Waals surface area contributed by atoms with Crippen LogP contribution in [0.1, 0.15) is 18.1 Å². The first kappa shape index (κ1) is 24.9. The second kappa shape index (κ2) is 10.3. The maximum Gasteiger partial charge on any atom is 0.327 e. The third kappa shape index (κ3) is 6.57. The molecule has 0 fully saturated rings. The Hall–Kier alpha value is -3.35. The Balaban J connectivity index is 2.04. The van der Waals surface area contributed by atoms with Crippen LogP contribution < -0.4 is 10.0 Å². The van der Waals surface area contributed by atoms with Crippen LogP contribution in [0.15, 0.2) is 47.4 Å². The van der Waals surface area contributed by atoms with Crippen molar-refractivity contribution in [1.82, 2.24) is 4.72 Å². The summed E-state index contributed by atoms with van der Waals surface area (Å²) in [5.74, 6) is -1.96. The van der Waals surface area contributed by atoms with E-state index in [1.807, 2.05) is 0 Å². The monoisotopic (exact) mass is 465 g/mol. The van der Waals surface area contributed by atoms with Gasteiger partial charge < -0.3 is 15.2 Å². The predicted molar refractivity (Wildman–Crippen MR) is 114 cm³/mol. The van der Waals surface area contributed by atoms with E-state index in [2.05, 4.69) is 10.0 Å². The van der Waals surface area contributed by atoms with Gasteiger partial charge in [-0.05, 0) is 38.5 Å². The van der Waals surface area contributed by atoms with Gasteiger partial charge in [-0.25, -0.2) is 8.42 Å². The van der Waals surface area contributed by atoms with Crippen molar-refractivity contribution in [2.45, 2.75) is 37.8 Å². The average Bonchev–Trinajstić information content (AvgIpc) is 2.72. The van der Waals surface area contributed by atoms with Crippen molar-refractivity contribution in [2.75, 3.05) is 11.9 Å². The highest BCUT2D eigenvalue weighted by molar-refractivity contribution is 7.89. The maximum atomic E-state index is 12.5. The fourth-order valence-electron chi connectivity index (χ4n) is 2.57. The number of hydrogen-bond acceptors (Lipinski definition) is 8. The molecular formula is C20H23N3O8S. The number of anilines is 1. The van der Waals surface area contributed by atoms with Crippen LogP contribution in [0.2, 0.25) is 0 Å². The van der Waals surface area contributed by atoms with Gasteiger partial charge in [0.2, 0.25) is 10.0 Å². The molecule has 0 aliphatic rings. The predicted octanol–water partition coefficient (Wildman–Crippen LogP) is 1.42. The number of nitro groups is 1. The van der Waals surface area contributed by atoms with Crippen LogP contribution in [-0.2, 0) is 24.3 Å². The number of aliphatic hydroxyl groups is 1. The molecule has 11 nitrogen and oxygen atoms in total. The molecule has 2 aromatic rings. The van der Waals surface area contributed by atoms with Crippen LogP contribution in [0.5, 0.6) is 0 Å². The lowest BCUT2D eigenvalue weighted by Gasteiger charge is -2.20. The van der Waals surface area contributed by atoms with Crippen molar-refractivity contribution in [3.05, 3.63) is 63.7 Å². The topological polar surface area (TPSA) is 165 Å². The van der Waals surface area contributed by atoms with E-state index in [9.17, 15) is 33.2 Å². The average molecular weight is 465 g/mol. The van der Waals surface area contributed by atoms with Crippen molar-refractivity contribution in [1.29, 1.82) is 0 Å². The molecule has 2 atom stereocenters. The number of nitrogens with zero attached hydrogens (tertiary/aromatic N) is 1. The number of hydrogen-bond donors (Lipinski definition) is 3. The molecule has 3 N–H and O–H groups in total. The van der Waals surface area contributed by atoms with Gasteiger partial charge in [0.25, 0.3) is 11.6 Å². The molecule has 0 bridgehead atoms. The van der Waals surface area contributed by atoms with Crippen molar-refractivity contribution in [3.63, 3.8) is 0 Å². The van der Waals surface area contributed by atoms with E-state index < -0.39 is 45.6 Å². The number of ether oxygens (including phenoxy) is 1. The Morgan fingerprint density at radius 3 is 2.34 bits per heavy atom. The molecule has 12 heteroatoms. The zero-order valence-corrected chi connectivity index (χ0v) is 18.4. The highest BCUT2D eigenvalue weighted by Gasteiger charge is 2.31. The summed E-state index contributed by atoms with van der Waals surface area (Å²) in [7, 11) is -4.15. The molecule has 2 aromatic carbocycles. The number of carbonyl (C=O) groups excluding carboxylic acids is 2. The number of sulfonamides is 1. The Kier molecular flexibility index (Phi) is 8.02. The van der Waals surface area contributed by atoms with Crippen molar-refractivity contribution < 1.29 is 32.8 Å². The lowest BCUT2D eigenvalue weighted by atomic mass is 10.2. The minimum absolute atomic E-state index is 0.111. The Labute approximate surface area is 184 Å². The van der Waals surface area contributed by atoms with E-state index in [0.29, 0.717) is 5.56 Å². The summed E-state index contributed by atoms with van der Waals surface area (Å²) in [6.45, 7) is 3.79. The van der Waals surface area contributed by atoms with Gasteiger partial charge in [-0.15, -0.1) is 0 Å². The SMILES string of the molecule is Cc1ccc(S(=O)(=O)N[C@@H](C(=O)OCC(=O)Nc2cc([N+](=O)[O-])ccc2C)[C@@H](C)O)cc1. The summed E-state index contributed by atoms with van der Waals surface area (Å²) >= 11 is 0. The number of benzene rings is 2. The summed E-state index contributed by atoms with van der Waals surface area (Å²) in [6, 6.07) is 8.06. The molecule has 0 unspecified atom stereocenters. The molecule has 0 radical (unpaired) electrons. The number of non-ortho nitro benzene ring substituents is 1. The van der Waals surface area contributed by atoms with Crippen molar-refractivity contribution in [2.24, 2.45) is 0 Å². The molecule has 0 saturated carbocycles. The lowest BCUT2D eigenvalue weighted by Crippen LogP contribution is -2.48. The van der Waals surface area contributed by atoms with E-state index in [1.165, 1.54) is 31.2 Å². The highest BCUT2D eigenvalue weighted by atomic mass is 32.2. The molecular weight excluding hydrogens is 442 g/mol. The molecule has 0 aliphatic carbocycles. The molecule has 0 spiro atoms. The fraction of sp³-hybridized carbons (Fsp3) is 0.300. The molecule has 1 amide bonds. The maximum absolute atomic E-state index is 12.5. The van der Waals surface area contributed by atoms with Gasteiger partial charge in [-0.3, -0.25) is 19.7 Å². The second-order valence-electron chi connectivity index (χ2n) is 7.06. The number of esters is 1. The summed E-state index contributed by atoms with van der Waals surface area (Å²) < 4.78 is 31.9.